The van der Waals surface area contributed by atoms with Crippen LogP contribution in [0.25, 0.3) is 10.2 Å². The van der Waals surface area contributed by atoms with Crippen molar-refractivity contribution in [2.45, 2.75) is 6.18 Å². The number of carbonyl (C=O) groups is 1. The Kier molecular flexibility index (Phi) is 2.30. The first-order chi connectivity index (χ1) is 7.38. The number of amides is 1. The van der Waals surface area contributed by atoms with Gasteiger partial charge in [0.05, 0.1) is 4.88 Å². The second-order valence-corrected chi connectivity index (χ2v) is 3.96. The van der Waals surface area contributed by atoms with E-state index < -0.39 is 17.9 Å². The van der Waals surface area contributed by atoms with E-state index in [1.165, 1.54) is 6.07 Å². The first-order valence-electron chi connectivity index (χ1n) is 4.01. The van der Waals surface area contributed by atoms with Crippen LogP contribution in [0.15, 0.2) is 12.3 Å². The Balaban J connectivity index is 2.58. The van der Waals surface area contributed by atoms with Crippen LogP contribution in [0.2, 0.25) is 0 Å². The summed E-state index contributed by atoms with van der Waals surface area (Å²) < 4.78 is 36.8. The molecule has 0 aromatic carbocycles. The second-order valence-electron chi connectivity index (χ2n) is 2.93. The molecule has 0 fully saturated rings. The second kappa shape index (κ2) is 3.41. The van der Waals surface area contributed by atoms with Crippen LogP contribution in [0.3, 0.4) is 0 Å². The molecular weight excluding hydrogens is 243 g/mol. The molecule has 0 atom stereocenters. The SMILES string of the molecule is NC(=O)c1cc2cnc(C(F)(F)F)nc2s1. The zero-order valence-electron chi connectivity index (χ0n) is 7.58. The molecule has 2 aromatic heterocycles. The van der Waals surface area contributed by atoms with Gasteiger partial charge in [-0.25, -0.2) is 9.97 Å². The molecule has 4 nitrogen and oxygen atoms in total. The maximum atomic E-state index is 12.3. The molecule has 0 radical (unpaired) electrons. The smallest absolute Gasteiger partial charge is 0.365 e. The van der Waals surface area contributed by atoms with Crippen molar-refractivity contribution in [3.63, 3.8) is 0 Å². The molecule has 0 bridgehead atoms. The van der Waals surface area contributed by atoms with E-state index in [0.717, 1.165) is 17.5 Å². The van der Waals surface area contributed by atoms with Crippen molar-refractivity contribution in [1.29, 1.82) is 0 Å². The van der Waals surface area contributed by atoms with Crippen LogP contribution in [0, 0.1) is 0 Å². The summed E-state index contributed by atoms with van der Waals surface area (Å²) in [4.78, 5) is 17.6. The Hall–Kier alpha value is -1.70. The maximum Gasteiger partial charge on any atom is 0.451 e. The summed E-state index contributed by atoms with van der Waals surface area (Å²) in [6, 6.07) is 1.36. The van der Waals surface area contributed by atoms with Gasteiger partial charge in [0.2, 0.25) is 5.82 Å². The number of nitrogens with two attached hydrogens (primary N) is 1. The van der Waals surface area contributed by atoms with Gasteiger partial charge in [-0.05, 0) is 6.07 Å². The average molecular weight is 247 g/mol. The van der Waals surface area contributed by atoms with Crippen LogP contribution < -0.4 is 5.73 Å². The summed E-state index contributed by atoms with van der Waals surface area (Å²) in [5.74, 6) is -1.92. The van der Waals surface area contributed by atoms with Crippen molar-refractivity contribution in [3.8, 4) is 0 Å². The quantitative estimate of drug-likeness (QED) is 0.835. The Morgan fingerprint density at radius 3 is 2.69 bits per heavy atom. The molecule has 2 aromatic rings. The lowest BCUT2D eigenvalue weighted by Crippen LogP contribution is -2.09. The number of hydrogen-bond acceptors (Lipinski definition) is 4. The number of rotatable bonds is 1. The van der Waals surface area contributed by atoms with Crippen LogP contribution in [0.5, 0.6) is 0 Å². The third-order valence-electron chi connectivity index (χ3n) is 1.77. The Labute approximate surface area is 90.9 Å². The molecule has 0 unspecified atom stereocenters. The van der Waals surface area contributed by atoms with Gasteiger partial charge in [-0.2, -0.15) is 13.2 Å². The van der Waals surface area contributed by atoms with Crippen LogP contribution in [-0.4, -0.2) is 15.9 Å². The predicted octanol–water partition coefficient (Wildman–Crippen LogP) is 1.81. The maximum absolute atomic E-state index is 12.3. The highest BCUT2D eigenvalue weighted by Crippen LogP contribution is 2.29. The van der Waals surface area contributed by atoms with E-state index in [-0.39, 0.29) is 9.71 Å². The highest BCUT2D eigenvalue weighted by molar-refractivity contribution is 7.20. The van der Waals surface area contributed by atoms with Crippen LogP contribution in [-0.2, 0) is 6.18 Å². The zero-order chi connectivity index (χ0) is 11.9. The molecule has 0 saturated carbocycles. The van der Waals surface area contributed by atoms with E-state index in [1.54, 1.807) is 0 Å². The summed E-state index contributed by atoms with van der Waals surface area (Å²) >= 11 is 0.810. The van der Waals surface area contributed by atoms with Crippen molar-refractivity contribution >= 4 is 27.5 Å². The van der Waals surface area contributed by atoms with Gasteiger partial charge in [0.1, 0.15) is 4.83 Å². The molecular formula is C8H4F3N3OS. The first kappa shape index (κ1) is 10.8. The van der Waals surface area contributed by atoms with E-state index in [9.17, 15) is 18.0 Å². The van der Waals surface area contributed by atoms with E-state index in [0.29, 0.717) is 5.39 Å². The summed E-state index contributed by atoms with van der Waals surface area (Å²) in [5.41, 5.74) is 5.00. The fraction of sp³-hybridized carbons (Fsp3) is 0.125. The Morgan fingerprint density at radius 1 is 1.44 bits per heavy atom. The van der Waals surface area contributed by atoms with Crippen LogP contribution in [0.1, 0.15) is 15.5 Å². The molecule has 2 heterocycles. The first-order valence-corrected chi connectivity index (χ1v) is 4.83. The summed E-state index contributed by atoms with van der Waals surface area (Å²) in [5, 5.41) is 0.367. The van der Waals surface area contributed by atoms with Gasteiger partial charge in [-0.15, -0.1) is 11.3 Å². The standard InChI is InChI=1S/C8H4F3N3OS/c9-8(10,11)7-13-2-3-1-4(5(12)15)16-6(3)14-7/h1-2H,(H2,12,15). The van der Waals surface area contributed by atoms with E-state index in [4.69, 9.17) is 5.73 Å². The monoisotopic (exact) mass is 247 g/mol. The highest BCUT2D eigenvalue weighted by atomic mass is 32.1. The van der Waals surface area contributed by atoms with Gasteiger partial charge in [0, 0.05) is 11.6 Å². The Morgan fingerprint density at radius 2 is 2.12 bits per heavy atom. The summed E-state index contributed by atoms with van der Waals surface area (Å²) in [6.45, 7) is 0. The minimum atomic E-state index is -4.59. The largest absolute Gasteiger partial charge is 0.451 e. The van der Waals surface area contributed by atoms with E-state index >= 15 is 0 Å². The number of nitrogens with zero attached hydrogens (tertiary/aromatic N) is 2. The minimum Gasteiger partial charge on any atom is -0.365 e. The molecule has 2 N–H and O–H groups in total. The van der Waals surface area contributed by atoms with E-state index in [2.05, 4.69) is 9.97 Å². The van der Waals surface area contributed by atoms with Crippen molar-refractivity contribution in [2.24, 2.45) is 5.73 Å². The predicted molar refractivity (Wildman–Crippen MR) is 50.9 cm³/mol. The topological polar surface area (TPSA) is 68.9 Å². The molecule has 2 rings (SSSR count). The van der Waals surface area contributed by atoms with Gasteiger partial charge in [-0.3, -0.25) is 4.79 Å². The molecule has 16 heavy (non-hydrogen) atoms. The third-order valence-corrected chi connectivity index (χ3v) is 2.83. The highest BCUT2D eigenvalue weighted by Gasteiger charge is 2.34. The lowest BCUT2D eigenvalue weighted by Gasteiger charge is -2.02. The molecule has 0 saturated heterocycles. The molecule has 8 heteroatoms. The number of aromatic nitrogens is 2. The van der Waals surface area contributed by atoms with Gasteiger partial charge < -0.3 is 5.73 Å². The average Bonchev–Trinajstić information content (AvgIpc) is 2.58. The van der Waals surface area contributed by atoms with Crippen LogP contribution in [0.4, 0.5) is 13.2 Å². The van der Waals surface area contributed by atoms with Crippen molar-refractivity contribution < 1.29 is 18.0 Å². The number of carbonyl (C=O) groups excluding carboxylic acids is 1. The number of halogens is 3. The van der Waals surface area contributed by atoms with Crippen molar-refractivity contribution in [2.75, 3.05) is 0 Å². The van der Waals surface area contributed by atoms with Crippen molar-refractivity contribution in [3.05, 3.63) is 23.0 Å². The fourth-order valence-electron chi connectivity index (χ4n) is 1.09. The van der Waals surface area contributed by atoms with Gasteiger partial charge >= 0.3 is 6.18 Å². The van der Waals surface area contributed by atoms with Gasteiger partial charge in [0.15, 0.2) is 0 Å². The van der Waals surface area contributed by atoms with Gasteiger partial charge in [-0.1, -0.05) is 0 Å². The molecule has 84 valence electrons. The summed E-state index contributed by atoms with van der Waals surface area (Å²) in [6.07, 6.45) is -3.57. The molecule has 0 aliphatic rings. The number of hydrogen-bond donors (Lipinski definition) is 1. The molecule has 0 aliphatic carbocycles. The van der Waals surface area contributed by atoms with Gasteiger partial charge in [0.25, 0.3) is 5.91 Å². The third kappa shape index (κ3) is 1.83. The molecule has 0 aliphatic heterocycles. The van der Waals surface area contributed by atoms with Crippen LogP contribution >= 0.6 is 11.3 Å². The molecule has 1 amide bonds. The minimum absolute atomic E-state index is 0.0936. The normalized spacial score (nSPS) is 11.9. The zero-order valence-corrected chi connectivity index (χ0v) is 8.39. The lowest BCUT2D eigenvalue weighted by molar-refractivity contribution is -0.144. The Bertz CT molecular complexity index is 563. The van der Waals surface area contributed by atoms with E-state index in [1.807, 2.05) is 0 Å². The van der Waals surface area contributed by atoms with Crippen molar-refractivity contribution in [1.82, 2.24) is 9.97 Å². The fourth-order valence-corrected chi connectivity index (χ4v) is 1.95. The number of primary amides is 1. The lowest BCUT2D eigenvalue weighted by atomic mass is 10.3. The summed E-state index contributed by atoms with van der Waals surface area (Å²) in [7, 11) is 0. The molecule has 0 spiro atoms. The number of fused-ring (bicyclic) bond motifs is 1. The number of alkyl halides is 3. The number of thiophene rings is 1.